The van der Waals surface area contributed by atoms with E-state index in [2.05, 4.69) is 79.3 Å². The van der Waals surface area contributed by atoms with Crippen molar-refractivity contribution in [1.82, 2.24) is 14.7 Å². The normalized spacial score (nSPS) is 27.8. The summed E-state index contributed by atoms with van der Waals surface area (Å²) in [5, 5.41) is 24.3. The zero-order chi connectivity index (χ0) is 24.2. The summed E-state index contributed by atoms with van der Waals surface area (Å²) in [4.78, 5) is 30.6. The van der Waals surface area contributed by atoms with Crippen LogP contribution in [0.3, 0.4) is 0 Å². The van der Waals surface area contributed by atoms with Gasteiger partial charge in [0.2, 0.25) is 0 Å². The average Bonchev–Trinajstić information content (AvgIpc) is 2.55. The number of carboxylic acids is 2. The van der Waals surface area contributed by atoms with Gasteiger partial charge in [0.25, 0.3) is 0 Å². The molecule has 0 aromatic heterocycles. The van der Waals surface area contributed by atoms with Crippen LogP contribution < -0.4 is 10.2 Å². The standard InChI is InChI=1S/C24H45N3O4/c1-21(2)11-16(12-22(3,4)25(21)9)19(20(30)31)27(15-18(28)29)17-13-23(5,6)26(10)24(7,8)14-17/h16-17,19H,11-15H2,1-10H3,(H,28,29)(H,30,31)/p-2. The second-order valence-electron chi connectivity index (χ2n) is 12.4. The van der Waals surface area contributed by atoms with Gasteiger partial charge >= 0.3 is 0 Å². The Morgan fingerprint density at radius 3 is 1.48 bits per heavy atom. The lowest BCUT2D eigenvalue weighted by molar-refractivity contribution is -0.319. The highest BCUT2D eigenvalue weighted by atomic mass is 16.4. The van der Waals surface area contributed by atoms with Crippen LogP contribution in [-0.2, 0) is 9.59 Å². The SMILES string of the molecule is CN1C(C)(C)CC(C(C(=O)[O-])N(CC(=O)[O-])C2CC(C)(C)N(C)C(C)(C)C2)CC1(C)C. The molecule has 1 atom stereocenters. The van der Waals surface area contributed by atoms with E-state index in [1.165, 1.54) is 0 Å². The monoisotopic (exact) mass is 437 g/mol. The molecular formula is C24H43N3O4-2. The van der Waals surface area contributed by atoms with Crippen molar-refractivity contribution in [2.75, 3.05) is 20.6 Å². The Bertz CT molecular complexity index is 665. The van der Waals surface area contributed by atoms with Gasteiger partial charge in [-0.15, -0.1) is 0 Å². The van der Waals surface area contributed by atoms with Gasteiger partial charge in [-0.2, -0.15) is 0 Å². The fraction of sp³-hybridized carbons (Fsp3) is 0.917. The summed E-state index contributed by atoms with van der Waals surface area (Å²) < 4.78 is 0. The van der Waals surface area contributed by atoms with Crippen LogP contribution in [0.4, 0.5) is 0 Å². The number of piperidine rings is 2. The number of carboxylic acid groups (broad SMARTS) is 2. The van der Waals surface area contributed by atoms with Crippen molar-refractivity contribution < 1.29 is 19.8 Å². The number of rotatable bonds is 6. The van der Waals surface area contributed by atoms with Gasteiger partial charge in [-0.1, -0.05) is 0 Å². The molecule has 2 aliphatic heterocycles. The Morgan fingerprint density at radius 2 is 1.16 bits per heavy atom. The van der Waals surface area contributed by atoms with E-state index in [-0.39, 0.29) is 34.1 Å². The summed E-state index contributed by atoms with van der Waals surface area (Å²) in [6, 6.07) is -1.15. The third kappa shape index (κ3) is 5.25. The van der Waals surface area contributed by atoms with Crippen LogP contribution in [0.15, 0.2) is 0 Å². The predicted molar refractivity (Wildman–Crippen MR) is 118 cm³/mol. The largest absolute Gasteiger partial charge is 0.549 e. The second-order valence-corrected chi connectivity index (χ2v) is 12.4. The van der Waals surface area contributed by atoms with Gasteiger partial charge < -0.3 is 19.8 Å². The summed E-state index contributed by atoms with van der Waals surface area (Å²) >= 11 is 0. The summed E-state index contributed by atoms with van der Waals surface area (Å²) in [6.07, 6.45) is 2.69. The quantitative estimate of drug-likeness (QED) is 0.604. The molecule has 1 unspecified atom stereocenters. The zero-order valence-electron chi connectivity index (χ0n) is 21.2. The lowest BCUT2D eigenvalue weighted by Crippen LogP contribution is -2.68. The van der Waals surface area contributed by atoms with Crippen molar-refractivity contribution in [2.24, 2.45) is 5.92 Å². The number of hydrogen-bond acceptors (Lipinski definition) is 7. The van der Waals surface area contributed by atoms with Gasteiger partial charge in [0.15, 0.2) is 0 Å². The van der Waals surface area contributed by atoms with E-state index in [9.17, 15) is 19.8 Å². The van der Waals surface area contributed by atoms with Crippen LogP contribution >= 0.6 is 0 Å². The zero-order valence-corrected chi connectivity index (χ0v) is 21.2. The number of likely N-dealkylation sites (tertiary alicyclic amines) is 2. The van der Waals surface area contributed by atoms with Crippen molar-refractivity contribution in [3.8, 4) is 0 Å². The molecule has 2 rings (SSSR count). The van der Waals surface area contributed by atoms with Gasteiger partial charge in [0, 0.05) is 34.7 Å². The van der Waals surface area contributed by atoms with E-state index in [0.29, 0.717) is 25.7 Å². The molecule has 180 valence electrons. The van der Waals surface area contributed by atoms with Crippen LogP contribution in [0, 0.1) is 5.92 Å². The first-order chi connectivity index (χ1) is 13.8. The lowest BCUT2D eigenvalue weighted by Gasteiger charge is -2.59. The van der Waals surface area contributed by atoms with Gasteiger partial charge in [0.05, 0.1) is 18.0 Å². The third-order valence-corrected chi connectivity index (χ3v) is 8.45. The molecule has 2 heterocycles. The Labute approximate surface area is 188 Å². The van der Waals surface area contributed by atoms with Crippen LogP contribution in [0.2, 0.25) is 0 Å². The van der Waals surface area contributed by atoms with Gasteiger partial charge in [0.1, 0.15) is 0 Å². The molecule has 0 aromatic rings. The number of carbonyl (C=O) groups excluding carboxylic acids is 2. The molecule has 2 aliphatic rings. The first kappa shape index (κ1) is 26.1. The smallest absolute Gasteiger partial charge is 0.0589 e. The summed E-state index contributed by atoms with van der Waals surface area (Å²) in [5.41, 5.74) is -0.812. The number of carbonyl (C=O) groups is 2. The van der Waals surface area contributed by atoms with Crippen molar-refractivity contribution >= 4 is 11.9 Å². The molecule has 2 fully saturated rings. The van der Waals surface area contributed by atoms with Crippen LogP contribution in [0.5, 0.6) is 0 Å². The average molecular weight is 438 g/mol. The molecule has 0 aliphatic carbocycles. The molecule has 0 N–H and O–H groups in total. The minimum atomic E-state index is -1.24. The van der Waals surface area contributed by atoms with Crippen molar-refractivity contribution in [3.63, 3.8) is 0 Å². The maximum atomic E-state index is 12.6. The molecular weight excluding hydrogens is 394 g/mol. The fourth-order valence-electron chi connectivity index (χ4n) is 6.43. The van der Waals surface area contributed by atoms with E-state index >= 15 is 0 Å². The second kappa shape index (κ2) is 8.31. The third-order valence-electron chi connectivity index (χ3n) is 8.45. The van der Waals surface area contributed by atoms with E-state index in [1.54, 1.807) is 4.90 Å². The Morgan fingerprint density at radius 1 is 0.806 bits per heavy atom. The predicted octanol–water partition coefficient (Wildman–Crippen LogP) is 0.707. The Hall–Kier alpha value is -1.18. The van der Waals surface area contributed by atoms with Crippen LogP contribution in [-0.4, -0.2) is 81.5 Å². The van der Waals surface area contributed by atoms with Gasteiger partial charge in [-0.25, -0.2) is 0 Å². The van der Waals surface area contributed by atoms with Gasteiger partial charge in [-0.05, 0) is 101 Å². The summed E-state index contributed by atoms with van der Waals surface area (Å²) in [6.45, 7) is 16.6. The van der Waals surface area contributed by atoms with E-state index in [0.717, 1.165) is 0 Å². The number of nitrogens with zero attached hydrogens (tertiary/aromatic N) is 3. The minimum Gasteiger partial charge on any atom is -0.549 e. The number of hydrogen-bond donors (Lipinski definition) is 0. The first-order valence-electron chi connectivity index (χ1n) is 11.5. The Balaban J connectivity index is 2.49. The van der Waals surface area contributed by atoms with Crippen molar-refractivity contribution in [3.05, 3.63) is 0 Å². The maximum Gasteiger partial charge on any atom is 0.0589 e. The number of aliphatic carboxylic acids is 2. The lowest BCUT2D eigenvalue weighted by atomic mass is 9.70. The van der Waals surface area contributed by atoms with E-state index in [1.807, 2.05) is 0 Å². The molecule has 0 spiro atoms. The topological polar surface area (TPSA) is 90.0 Å². The van der Waals surface area contributed by atoms with Crippen LogP contribution in [0.1, 0.15) is 81.1 Å². The molecule has 7 heteroatoms. The molecule has 0 bridgehead atoms. The van der Waals surface area contributed by atoms with E-state index < -0.39 is 24.5 Å². The molecule has 0 radical (unpaired) electrons. The maximum absolute atomic E-state index is 12.6. The minimum absolute atomic E-state index is 0.187. The Kier molecular flexibility index (Phi) is 6.99. The van der Waals surface area contributed by atoms with Crippen molar-refractivity contribution in [2.45, 2.75) is 115 Å². The van der Waals surface area contributed by atoms with E-state index in [4.69, 9.17) is 0 Å². The highest BCUT2D eigenvalue weighted by molar-refractivity contribution is 5.74. The molecule has 0 aromatic carbocycles. The van der Waals surface area contributed by atoms with Crippen molar-refractivity contribution in [1.29, 1.82) is 0 Å². The molecule has 31 heavy (non-hydrogen) atoms. The first-order valence-corrected chi connectivity index (χ1v) is 11.5. The summed E-state index contributed by atoms with van der Waals surface area (Å²) in [7, 11) is 4.16. The highest BCUT2D eigenvalue weighted by Gasteiger charge is 2.50. The molecule has 2 saturated heterocycles. The van der Waals surface area contributed by atoms with Gasteiger partial charge in [-0.3, -0.25) is 14.7 Å². The molecule has 7 nitrogen and oxygen atoms in total. The summed E-state index contributed by atoms with van der Waals surface area (Å²) in [5.74, 6) is -2.64. The molecule has 0 amide bonds. The van der Waals surface area contributed by atoms with Crippen LogP contribution in [0.25, 0.3) is 0 Å². The highest BCUT2D eigenvalue weighted by Crippen LogP contribution is 2.45. The fourth-order valence-corrected chi connectivity index (χ4v) is 6.43. The molecule has 0 saturated carbocycles.